The molecular weight excluding hydrogens is 210 g/mol. The molecule has 88 valence electrons. The molecule has 0 aliphatic carbocycles. The molecule has 3 N–H and O–H groups in total. The zero-order valence-corrected chi connectivity index (χ0v) is 9.71. The zero-order valence-electron chi connectivity index (χ0n) is 9.71. The molecule has 2 aromatic rings. The number of nitrogens with one attached hydrogen (secondary N) is 1. The van der Waals surface area contributed by atoms with E-state index in [2.05, 4.69) is 22.4 Å². The molecule has 0 spiro atoms. The first-order valence-electron chi connectivity index (χ1n) is 5.80. The summed E-state index contributed by atoms with van der Waals surface area (Å²) in [6.45, 7) is 0.589. The Bertz CT molecular complexity index is 386. The Morgan fingerprint density at radius 1 is 1.06 bits per heavy atom. The summed E-state index contributed by atoms with van der Waals surface area (Å²) in [6, 6.07) is 16.4. The van der Waals surface area contributed by atoms with E-state index in [0.29, 0.717) is 6.54 Å². The van der Waals surface area contributed by atoms with Gasteiger partial charge in [0, 0.05) is 18.8 Å². The van der Waals surface area contributed by atoms with E-state index in [9.17, 15) is 0 Å². The van der Waals surface area contributed by atoms with E-state index in [0.717, 1.165) is 12.2 Å². The van der Waals surface area contributed by atoms with E-state index in [-0.39, 0.29) is 6.04 Å². The molecule has 0 aliphatic rings. The summed E-state index contributed by atoms with van der Waals surface area (Å²) in [5, 5.41) is 3.34. The maximum absolute atomic E-state index is 5.78. The predicted octanol–water partition coefficient (Wildman–Crippen LogP) is 2.06. The maximum Gasteiger partial charge on any atom is 0.126 e. The first-order valence-corrected chi connectivity index (χ1v) is 5.80. The van der Waals surface area contributed by atoms with Crippen molar-refractivity contribution in [3.8, 4) is 0 Å². The molecule has 3 heteroatoms. The van der Waals surface area contributed by atoms with Crippen LogP contribution in [0.4, 0.5) is 5.82 Å². The number of hydrogen-bond acceptors (Lipinski definition) is 3. The number of rotatable bonds is 5. The molecule has 0 aliphatic heterocycles. The molecule has 2 rings (SSSR count). The van der Waals surface area contributed by atoms with Crippen molar-refractivity contribution in [2.75, 3.05) is 11.9 Å². The highest BCUT2D eigenvalue weighted by Crippen LogP contribution is 2.07. The van der Waals surface area contributed by atoms with E-state index in [1.54, 1.807) is 6.20 Å². The van der Waals surface area contributed by atoms with Crippen molar-refractivity contribution >= 4 is 5.82 Å². The van der Waals surface area contributed by atoms with Gasteiger partial charge in [-0.3, -0.25) is 0 Å². The molecule has 1 heterocycles. The van der Waals surface area contributed by atoms with Crippen molar-refractivity contribution in [3.05, 3.63) is 60.3 Å². The lowest BCUT2D eigenvalue weighted by Crippen LogP contribution is -2.31. The quantitative estimate of drug-likeness (QED) is 0.822. The second-order valence-corrected chi connectivity index (χ2v) is 3.98. The van der Waals surface area contributed by atoms with Crippen LogP contribution in [0.15, 0.2) is 54.7 Å². The van der Waals surface area contributed by atoms with E-state index in [1.807, 2.05) is 36.4 Å². The lowest BCUT2D eigenvalue weighted by atomic mass is 10.1. The van der Waals surface area contributed by atoms with Crippen LogP contribution < -0.4 is 11.1 Å². The maximum atomic E-state index is 5.78. The molecule has 17 heavy (non-hydrogen) atoms. The lowest BCUT2D eigenvalue weighted by molar-refractivity contribution is 0.720. The molecule has 0 radical (unpaired) electrons. The van der Waals surface area contributed by atoms with Gasteiger partial charge in [0.25, 0.3) is 0 Å². The number of pyridine rings is 1. The number of nitrogens with two attached hydrogens (primary N) is 1. The average Bonchev–Trinajstić information content (AvgIpc) is 2.40. The minimum absolute atomic E-state index is 0.215. The number of benzene rings is 1. The van der Waals surface area contributed by atoms with Gasteiger partial charge in [-0.2, -0.15) is 0 Å². The molecule has 3 nitrogen and oxygen atoms in total. The Hall–Kier alpha value is -1.87. The summed E-state index contributed by atoms with van der Waals surface area (Å²) in [6.07, 6.45) is 2.69. The standard InChI is InChI=1S/C14H17N3/c15-11-13(10-12-6-2-1-3-7-12)17-14-8-4-5-9-16-14/h1-9,13H,10-11,15H2,(H,16,17). The van der Waals surface area contributed by atoms with Crippen LogP contribution in [0.1, 0.15) is 5.56 Å². The molecule has 1 aromatic heterocycles. The summed E-state index contributed by atoms with van der Waals surface area (Å²) in [7, 11) is 0. The minimum Gasteiger partial charge on any atom is -0.366 e. The fourth-order valence-corrected chi connectivity index (χ4v) is 1.75. The minimum atomic E-state index is 0.215. The summed E-state index contributed by atoms with van der Waals surface area (Å²) in [5.74, 6) is 0.874. The fraction of sp³-hybridized carbons (Fsp3) is 0.214. The molecule has 1 unspecified atom stereocenters. The van der Waals surface area contributed by atoms with Gasteiger partial charge in [-0.15, -0.1) is 0 Å². The third-order valence-electron chi connectivity index (χ3n) is 2.63. The van der Waals surface area contributed by atoms with Gasteiger partial charge >= 0.3 is 0 Å². The summed E-state index contributed by atoms with van der Waals surface area (Å²) >= 11 is 0. The Balaban J connectivity index is 1.98. The van der Waals surface area contributed by atoms with E-state index < -0.39 is 0 Å². The first kappa shape index (κ1) is 11.6. The van der Waals surface area contributed by atoms with Crippen LogP contribution >= 0.6 is 0 Å². The summed E-state index contributed by atoms with van der Waals surface area (Å²) in [4.78, 5) is 4.24. The van der Waals surface area contributed by atoms with E-state index in [4.69, 9.17) is 5.73 Å². The van der Waals surface area contributed by atoms with Crippen molar-refractivity contribution in [1.29, 1.82) is 0 Å². The van der Waals surface area contributed by atoms with Crippen molar-refractivity contribution < 1.29 is 0 Å². The second-order valence-electron chi connectivity index (χ2n) is 3.98. The van der Waals surface area contributed by atoms with Crippen LogP contribution in [0.3, 0.4) is 0 Å². The number of aromatic nitrogens is 1. The molecule has 0 saturated carbocycles. The van der Waals surface area contributed by atoms with Crippen molar-refractivity contribution in [2.45, 2.75) is 12.5 Å². The average molecular weight is 227 g/mol. The molecular formula is C14H17N3. The van der Waals surface area contributed by atoms with Crippen molar-refractivity contribution in [3.63, 3.8) is 0 Å². The SMILES string of the molecule is NCC(Cc1ccccc1)Nc1ccccn1. The molecule has 0 amide bonds. The molecule has 1 aromatic carbocycles. The number of anilines is 1. The Labute approximate surface area is 102 Å². The van der Waals surface area contributed by atoms with Crippen LogP contribution in [0.5, 0.6) is 0 Å². The van der Waals surface area contributed by atoms with Gasteiger partial charge in [-0.25, -0.2) is 4.98 Å². The topological polar surface area (TPSA) is 50.9 Å². The van der Waals surface area contributed by atoms with Crippen LogP contribution in [-0.4, -0.2) is 17.6 Å². The predicted molar refractivity (Wildman–Crippen MR) is 70.8 cm³/mol. The number of hydrogen-bond donors (Lipinski definition) is 2. The summed E-state index contributed by atoms with van der Waals surface area (Å²) < 4.78 is 0. The zero-order chi connectivity index (χ0) is 11.9. The highest BCUT2D eigenvalue weighted by atomic mass is 15.0. The Kier molecular flexibility index (Phi) is 4.11. The molecule has 0 bridgehead atoms. The van der Waals surface area contributed by atoms with E-state index >= 15 is 0 Å². The second kappa shape index (κ2) is 6.01. The highest BCUT2D eigenvalue weighted by molar-refractivity contribution is 5.35. The fourth-order valence-electron chi connectivity index (χ4n) is 1.75. The van der Waals surface area contributed by atoms with Crippen LogP contribution in [-0.2, 0) is 6.42 Å². The van der Waals surface area contributed by atoms with Gasteiger partial charge in [0.05, 0.1) is 0 Å². The molecule has 0 fully saturated rings. The van der Waals surface area contributed by atoms with Gasteiger partial charge in [0.2, 0.25) is 0 Å². The normalized spacial score (nSPS) is 12.1. The third kappa shape index (κ3) is 3.57. The van der Waals surface area contributed by atoms with Crippen LogP contribution in [0.2, 0.25) is 0 Å². The Morgan fingerprint density at radius 3 is 2.47 bits per heavy atom. The van der Waals surface area contributed by atoms with Gasteiger partial charge in [0.15, 0.2) is 0 Å². The monoisotopic (exact) mass is 227 g/mol. The third-order valence-corrected chi connectivity index (χ3v) is 2.63. The smallest absolute Gasteiger partial charge is 0.126 e. The van der Waals surface area contributed by atoms with E-state index in [1.165, 1.54) is 5.56 Å². The van der Waals surface area contributed by atoms with Gasteiger partial charge < -0.3 is 11.1 Å². The van der Waals surface area contributed by atoms with Gasteiger partial charge in [-0.1, -0.05) is 36.4 Å². The van der Waals surface area contributed by atoms with Crippen molar-refractivity contribution in [2.24, 2.45) is 5.73 Å². The van der Waals surface area contributed by atoms with Gasteiger partial charge in [0.1, 0.15) is 5.82 Å². The molecule has 1 atom stereocenters. The Morgan fingerprint density at radius 2 is 1.82 bits per heavy atom. The van der Waals surface area contributed by atoms with Crippen molar-refractivity contribution in [1.82, 2.24) is 4.98 Å². The highest BCUT2D eigenvalue weighted by Gasteiger charge is 2.07. The summed E-state index contributed by atoms with van der Waals surface area (Å²) in [5.41, 5.74) is 7.06. The van der Waals surface area contributed by atoms with Crippen LogP contribution in [0.25, 0.3) is 0 Å². The number of nitrogens with zero attached hydrogens (tertiary/aromatic N) is 1. The largest absolute Gasteiger partial charge is 0.366 e. The first-order chi connectivity index (χ1) is 8.38. The lowest BCUT2D eigenvalue weighted by Gasteiger charge is -2.17. The van der Waals surface area contributed by atoms with Crippen LogP contribution in [0, 0.1) is 0 Å². The molecule has 0 saturated heterocycles. The van der Waals surface area contributed by atoms with Gasteiger partial charge in [-0.05, 0) is 24.1 Å².